The van der Waals surface area contributed by atoms with E-state index in [4.69, 9.17) is 4.74 Å². The first kappa shape index (κ1) is 13.9. The number of hydrogen-bond acceptors (Lipinski definition) is 4. The Morgan fingerprint density at radius 3 is 2.85 bits per heavy atom. The van der Waals surface area contributed by atoms with Gasteiger partial charge in [-0.15, -0.1) is 0 Å². The van der Waals surface area contributed by atoms with Gasteiger partial charge < -0.3 is 15.4 Å². The number of amides is 1. The maximum Gasteiger partial charge on any atom is 0.273 e. The first-order chi connectivity index (χ1) is 9.58. The summed E-state index contributed by atoms with van der Waals surface area (Å²) < 4.78 is 5.11. The van der Waals surface area contributed by atoms with E-state index < -0.39 is 0 Å². The largest absolute Gasteiger partial charge is 0.497 e. The van der Waals surface area contributed by atoms with E-state index in [-0.39, 0.29) is 11.9 Å². The lowest BCUT2D eigenvalue weighted by Crippen LogP contribution is -2.12. The zero-order valence-electron chi connectivity index (χ0n) is 11.7. The molecule has 2 rings (SSSR count). The molecule has 6 heteroatoms. The van der Waals surface area contributed by atoms with Crippen molar-refractivity contribution in [1.82, 2.24) is 10.2 Å². The second-order valence-electron chi connectivity index (χ2n) is 4.65. The maximum atomic E-state index is 12.1. The molecule has 0 unspecified atom stereocenters. The fraction of sp³-hybridized carbons (Fsp3) is 0.286. The van der Waals surface area contributed by atoms with Crippen LogP contribution < -0.4 is 15.4 Å². The van der Waals surface area contributed by atoms with Crippen molar-refractivity contribution in [2.75, 3.05) is 17.7 Å². The number of anilines is 2. The smallest absolute Gasteiger partial charge is 0.273 e. The van der Waals surface area contributed by atoms with Crippen LogP contribution in [0.1, 0.15) is 24.3 Å². The number of carbonyl (C=O) groups excluding carboxylic acids is 1. The van der Waals surface area contributed by atoms with E-state index in [1.54, 1.807) is 25.3 Å². The average Bonchev–Trinajstić information content (AvgIpc) is 2.86. The third-order valence-corrected chi connectivity index (χ3v) is 2.59. The first-order valence-corrected chi connectivity index (χ1v) is 6.36. The van der Waals surface area contributed by atoms with Gasteiger partial charge in [0.15, 0.2) is 0 Å². The number of aromatic amines is 1. The van der Waals surface area contributed by atoms with Crippen molar-refractivity contribution < 1.29 is 9.53 Å². The monoisotopic (exact) mass is 274 g/mol. The van der Waals surface area contributed by atoms with Crippen molar-refractivity contribution in [3.63, 3.8) is 0 Å². The van der Waals surface area contributed by atoms with E-state index in [2.05, 4.69) is 20.8 Å². The molecule has 6 nitrogen and oxygen atoms in total. The second-order valence-corrected chi connectivity index (χ2v) is 4.65. The Bertz CT molecular complexity index is 592. The highest BCUT2D eigenvalue weighted by Crippen LogP contribution is 2.17. The van der Waals surface area contributed by atoms with E-state index in [1.165, 1.54) is 0 Å². The highest BCUT2D eigenvalue weighted by molar-refractivity contribution is 6.03. The Morgan fingerprint density at radius 1 is 1.35 bits per heavy atom. The summed E-state index contributed by atoms with van der Waals surface area (Å²) in [5, 5.41) is 12.6. The lowest BCUT2D eigenvalue weighted by Gasteiger charge is -2.05. The van der Waals surface area contributed by atoms with Gasteiger partial charge in [-0.3, -0.25) is 9.89 Å². The van der Waals surface area contributed by atoms with Crippen LogP contribution in [-0.2, 0) is 0 Å². The standard InChI is InChI=1S/C14H18N4O2/c1-9(2)15-13-8-12(17-18-13)14(19)16-10-5-4-6-11(7-10)20-3/h4-9H,1-3H3,(H,16,19)(H2,15,17,18). The molecule has 0 atom stereocenters. The van der Waals surface area contributed by atoms with Crippen LogP contribution >= 0.6 is 0 Å². The molecule has 106 valence electrons. The summed E-state index contributed by atoms with van der Waals surface area (Å²) in [7, 11) is 1.58. The van der Waals surface area contributed by atoms with E-state index in [0.717, 1.165) is 0 Å². The number of H-pyrrole nitrogens is 1. The van der Waals surface area contributed by atoms with Crippen LogP contribution in [0.5, 0.6) is 5.75 Å². The van der Waals surface area contributed by atoms with Crippen molar-refractivity contribution >= 4 is 17.4 Å². The topological polar surface area (TPSA) is 79.0 Å². The van der Waals surface area contributed by atoms with E-state index in [9.17, 15) is 4.79 Å². The van der Waals surface area contributed by atoms with Crippen LogP contribution in [0.3, 0.4) is 0 Å². The molecule has 3 N–H and O–H groups in total. The molecule has 0 aliphatic rings. The van der Waals surface area contributed by atoms with Gasteiger partial charge >= 0.3 is 0 Å². The fourth-order valence-corrected chi connectivity index (χ4v) is 1.71. The summed E-state index contributed by atoms with van der Waals surface area (Å²) >= 11 is 0. The van der Waals surface area contributed by atoms with Gasteiger partial charge in [0, 0.05) is 23.9 Å². The Morgan fingerprint density at radius 2 is 2.15 bits per heavy atom. The minimum absolute atomic E-state index is 0.248. The molecular formula is C14H18N4O2. The zero-order valence-corrected chi connectivity index (χ0v) is 11.7. The molecule has 0 spiro atoms. The molecule has 1 heterocycles. The number of methoxy groups -OCH3 is 1. The number of nitrogens with zero attached hydrogens (tertiary/aromatic N) is 1. The number of carbonyl (C=O) groups is 1. The van der Waals surface area contributed by atoms with Crippen molar-refractivity contribution in [3.8, 4) is 5.75 Å². The van der Waals surface area contributed by atoms with Crippen molar-refractivity contribution in [3.05, 3.63) is 36.0 Å². The number of nitrogens with one attached hydrogen (secondary N) is 3. The quantitative estimate of drug-likeness (QED) is 0.782. The highest BCUT2D eigenvalue weighted by atomic mass is 16.5. The fourth-order valence-electron chi connectivity index (χ4n) is 1.71. The molecule has 1 aromatic heterocycles. The molecule has 0 saturated heterocycles. The van der Waals surface area contributed by atoms with Crippen LogP contribution in [0.2, 0.25) is 0 Å². The zero-order chi connectivity index (χ0) is 14.5. The molecule has 1 aromatic carbocycles. The Hall–Kier alpha value is -2.50. The van der Waals surface area contributed by atoms with E-state index in [0.29, 0.717) is 22.9 Å². The molecular weight excluding hydrogens is 256 g/mol. The summed E-state index contributed by atoms with van der Waals surface area (Å²) in [6.45, 7) is 4.01. The molecule has 0 saturated carbocycles. The summed E-state index contributed by atoms with van der Waals surface area (Å²) in [6, 6.07) is 9.11. The molecule has 0 aliphatic heterocycles. The van der Waals surface area contributed by atoms with Gasteiger partial charge in [-0.05, 0) is 26.0 Å². The van der Waals surface area contributed by atoms with Gasteiger partial charge in [0.25, 0.3) is 5.91 Å². The predicted molar refractivity (Wildman–Crippen MR) is 78.3 cm³/mol. The Balaban J connectivity index is 2.05. The van der Waals surface area contributed by atoms with Crippen molar-refractivity contribution in [2.45, 2.75) is 19.9 Å². The van der Waals surface area contributed by atoms with Gasteiger partial charge in [-0.25, -0.2) is 0 Å². The van der Waals surface area contributed by atoms with Crippen LogP contribution in [0.15, 0.2) is 30.3 Å². The second kappa shape index (κ2) is 6.10. The molecule has 2 aromatic rings. The summed E-state index contributed by atoms with van der Waals surface area (Å²) in [6.07, 6.45) is 0. The Kier molecular flexibility index (Phi) is 4.24. The normalized spacial score (nSPS) is 10.4. The molecule has 1 amide bonds. The minimum Gasteiger partial charge on any atom is -0.497 e. The van der Waals surface area contributed by atoms with E-state index >= 15 is 0 Å². The first-order valence-electron chi connectivity index (χ1n) is 6.36. The summed E-state index contributed by atoms with van der Waals surface area (Å²) in [5.41, 5.74) is 1.07. The maximum absolute atomic E-state index is 12.1. The van der Waals surface area contributed by atoms with Crippen LogP contribution in [0.4, 0.5) is 11.5 Å². The molecule has 0 radical (unpaired) electrons. The molecule has 0 bridgehead atoms. The average molecular weight is 274 g/mol. The number of rotatable bonds is 5. The van der Waals surface area contributed by atoms with E-state index in [1.807, 2.05) is 26.0 Å². The molecule has 20 heavy (non-hydrogen) atoms. The Labute approximate surface area is 117 Å². The van der Waals surface area contributed by atoms with Gasteiger partial charge in [0.05, 0.1) is 7.11 Å². The SMILES string of the molecule is COc1cccc(NC(=O)c2cc(NC(C)C)n[nH]2)c1. The number of ether oxygens (including phenoxy) is 1. The third-order valence-electron chi connectivity index (χ3n) is 2.59. The van der Waals surface area contributed by atoms with Crippen molar-refractivity contribution in [2.24, 2.45) is 0 Å². The number of hydrogen-bond donors (Lipinski definition) is 3. The van der Waals surface area contributed by atoms with Gasteiger partial charge in [-0.1, -0.05) is 6.07 Å². The van der Waals surface area contributed by atoms with Crippen LogP contribution in [-0.4, -0.2) is 29.3 Å². The lowest BCUT2D eigenvalue weighted by molar-refractivity contribution is 0.102. The van der Waals surface area contributed by atoms with Crippen LogP contribution in [0.25, 0.3) is 0 Å². The van der Waals surface area contributed by atoms with Crippen LogP contribution in [0, 0.1) is 0 Å². The summed E-state index contributed by atoms with van der Waals surface area (Å²) in [5.74, 6) is 1.09. The lowest BCUT2D eigenvalue weighted by atomic mass is 10.3. The summed E-state index contributed by atoms with van der Waals surface area (Å²) in [4.78, 5) is 12.1. The van der Waals surface area contributed by atoms with Gasteiger partial charge in [-0.2, -0.15) is 5.10 Å². The third kappa shape index (κ3) is 3.50. The molecule has 0 fully saturated rings. The minimum atomic E-state index is -0.248. The number of benzene rings is 1. The highest BCUT2D eigenvalue weighted by Gasteiger charge is 2.10. The van der Waals surface area contributed by atoms with Gasteiger partial charge in [0.2, 0.25) is 0 Å². The number of aromatic nitrogens is 2. The van der Waals surface area contributed by atoms with Gasteiger partial charge in [0.1, 0.15) is 17.3 Å². The molecule has 0 aliphatic carbocycles. The van der Waals surface area contributed by atoms with Crippen molar-refractivity contribution in [1.29, 1.82) is 0 Å². The predicted octanol–water partition coefficient (Wildman–Crippen LogP) is 2.49.